The van der Waals surface area contributed by atoms with E-state index in [9.17, 15) is 9.59 Å². The predicted molar refractivity (Wildman–Crippen MR) is 68.1 cm³/mol. The van der Waals surface area contributed by atoms with Crippen LogP contribution >= 0.6 is 0 Å². The molecule has 2 heterocycles. The topological polar surface area (TPSA) is 94.3 Å². The van der Waals surface area contributed by atoms with Gasteiger partial charge in [-0.1, -0.05) is 0 Å². The maximum absolute atomic E-state index is 11.9. The van der Waals surface area contributed by atoms with Crippen molar-refractivity contribution in [2.75, 3.05) is 13.2 Å². The first kappa shape index (κ1) is 13.5. The van der Waals surface area contributed by atoms with Crippen LogP contribution in [0.2, 0.25) is 0 Å². The number of amides is 2. The van der Waals surface area contributed by atoms with Gasteiger partial charge in [0.1, 0.15) is 0 Å². The van der Waals surface area contributed by atoms with Gasteiger partial charge in [-0.15, -0.1) is 0 Å². The molecule has 0 spiro atoms. The van der Waals surface area contributed by atoms with E-state index in [2.05, 4.69) is 10.3 Å². The van der Waals surface area contributed by atoms with Crippen LogP contribution in [0, 0.1) is 0 Å². The van der Waals surface area contributed by atoms with Gasteiger partial charge in [-0.2, -0.15) is 0 Å². The third-order valence-electron chi connectivity index (χ3n) is 3.06. The molecular formula is C13H17N3O3. The van der Waals surface area contributed by atoms with Crippen LogP contribution < -0.4 is 11.1 Å². The Morgan fingerprint density at radius 2 is 2.05 bits per heavy atom. The minimum Gasteiger partial charge on any atom is -0.376 e. The highest BCUT2D eigenvalue weighted by molar-refractivity contribution is 5.80. The molecule has 6 nitrogen and oxygen atoms in total. The van der Waals surface area contributed by atoms with Crippen molar-refractivity contribution in [2.45, 2.75) is 24.8 Å². The molecule has 1 aromatic rings. The van der Waals surface area contributed by atoms with E-state index in [0.717, 1.165) is 5.56 Å². The van der Waals surface area contributed by atoms with E-state index in [1.807, 2.05) is 12.1 Å². The summed E-state index contributed by atoms with van der Waals surface area (Å²) in [6, 6.07) is 3.75. The van der Waals surface area contributed by atoms with Crippen molar-refractivity contribution >= 4 is 11.8 Å². The van der Waals surface area contributed by atoms with Crippen LogP contribution in [0.1, 0.15) is 18.4 Å². The molecule has 2 rings (SSSR count). The fraction of sp³-hybridized carbons (Fsp3) is 0.462. The number of hydrogen-bond donors (Lipinski definition) is 2. The smallest absolute Gasteiger partial charge is 0.220 e. The Bertz CT molecular complexity index is 457. The van der Waals surface area contributed by atoms with Crippen molar-refractivity contribution in [3.8, 4) is 0 Å². The number of aryl methyl sites for hydroxylation is 1. The van der Waals surface area contributed by atoms with Crippen LogP contribution in [0.4, 0.5) is 0 Å². The summed E-state index contributed by atoms with van der Waals surface area (Å²) in [6.07, 6.45) is 4.52. The summed E-state index contributed by atoms with van der Waals surface area (Å²) in [5.74, 6) is -0.529. The van der Waals surface area contributed by atoms with Gasteiger partial charge in [-0.25, -0.2) is 0 Å². The summed E-state index contributed by atoms with van der Waals surface area (Å²) in [4.78, 5) is 26.8. The highest BCUT2D eigenvalue weighted by atomic mass is 16.5. The van der Waals surface area contributed by atoms with E-state index in [-0.39, 0.29) is 12.3 Å². The van der Waals surface area contributed by atoms with E-state index >= 15 is 0 Å². The first-order chi connectivity index (χ1) is 9.10. The molecule has 2 amide bonds. The SMILES string of the molecule is NC(=O)CC1(NC(=O)CCc2ccncc2)COC1. The first-order valence-corrected chi connectivity index (χ1v) is 6.16. The second-order valence-electron chi connectivity index (χ2n) is 4.82. The van der Waals surface area contributed by atoms with E-state index < -0.39 is 11.4 Å². The lowest BCUT2D eigenvalue weighted by Gasteiger charge is -2.41. The van der Waals surface area contributed by atoms with Crippen molar-refractivity contribution in [3.63, 3.8) is 0 Å². The second-order valence-corrected chi connectivity index (χ2v) is 4.82. The van der Waals surface area contributed by atoms with Crippen molar-refractivity contribution in [1.29, 1.82) is 0 Å². The van der Waals surface area contributed by atoms with Crippen LogP contribution in [0.25, 0.3) is 0 Å². The largest absolute Gasteiger partial charge is 0.376 e. The van der Waals surface area contributed by atoms with Gasteiger partial charge in [0.05, 0.1) is 25.2 Å². The van der Waals surface area contributed by atoms with Crippen molar-refractivity contribution in [3.05, 3.63) is 30.1 Å². The normalized spacial score (nSPS) is 16.4. The van der Waals surface area contributed by atoms with Crippen LogP contribution in [-0.2, 0) is 20.7 Å². The average molecular weight is 263 g/mol. The maximum atomic E-state index is 11.9. The van der Waals surface area contributed by atoms with Gasteiger partial charge >= 0.3 is 0 Å². The summed E-state index contributed by atoms with van der Waals surface area (Å²) in [7, 11) is 0. The summed E-state index contributed by atoms with van der Waals surface area (Å²) < 4.78 is 5.07. The fourth-order valence-electron chi connectivity index (χ4n) is 2.07. The number of rotatable bonds is 6. The molecule has 1 aromatic heterocycles. The molecule has 0 aliphatic carbocycles. The van der Waals surface area contributed by atoms with Gasteiger partial charge < -0.3 is 15.8 Å². The lowest BCUT2D eigenvalue weighted by atomic mass is 9.92. The average Bonchev–Trinajstić information content (AvgIpc) is 2.34. The molecule has 0 radical (unpaired) electrons. The number of primary amides is 1. The van der Waals surface area contributed by atoms with E-state index in [0.29, 0.717) is 26.1 Å². The van der Waals surface area contributed by atoms with Crippen molar-refractivity contribution in [2.24, 2.45) is 5.73 Å². The molecule has 1 fully saturated rings. The molecule has 1 aliphatic rings. The van der Waals surface area contributed by atoms with Gasteiger partial charge in [0, 0.05) is 18.8 Å². The van der Waals surface area contributed by atoms with E-state index in [1.54, 1.807) is 12.4 Å². The van der Waals surface area contributed by atoms with Crippen LogP contribution in [0.3, 0.4) is 0 Å². The third kappa shape index (κ3) is 3.75. The summed E-state index contributed by atoms with van der Waals surface area (Å²) in [5, 5.41) is 2.85. The molecule has 0 unspecified atom stereocenters. The Morgan fingerprint density at radius 3 is 2.58 bits per heavy atom. The Morgan fingerprint density at radius 1 is 1.37 bits per heavy atom. The number of nitrogens with two attached hydrogens (primary N) is 1. The monoisotopic (exact) mass is 263 g/mol. The lowest BCUT2D eigenvalue weighted by molar-refractivity contribution is -0.138. The molecule has 1 aliphatic heterocycles. The standard InChI is InChI=1S/C13H17N3O3/c14-11(17)7-13(8-19-9-13)16-12(18)2-1-10-3-5-15-6-4-10/h3-6H,1-2,7-9H2,(H2,14,17)(H,16,18). The lowest BCUT2D eigenvalue weighted by Crippen LogP contribution is -2.63. The molecule has 19 heavy (non-hydrogen) atoms. The van der Waals surface area contributed by atoms with Crippen LogP contribution in [0.15, 0.2) is 24.5 Å². The van der Waals surface area contributed by atoms with Crippen molar-refractivity contribution in [1.82, 2.24) is 10.3 Å². The van der Waals surface area contributed by atoms with Gasteiger partial charge in [-0.05, 0) is 24.1 Å². The number of ether oxygens (including phenoxy) is 1. The third-order valence-corrected chi connectivity index (χ3v) is 3.06. The number of aromatic nitrogens is 1. The zero-order valence-electron chi connectivity index (χ0n) is 10.6. The maximum Gasteiger partial charge on any atom is 0.220 e. The molecular weight excluding hydrogens is 246 g/mol. The summed E-state index contributed by atoms with van der Waals surface area (Å²) >= 11 is 0. The van der Waals surface area contributed by atoms with Gasteiger partial charge in [0.25, 0.3) is 0 Å². The Hall–Kier alpha value is -1.95. The Kier molecular flexibility index (Phi) is 4.11. The second kappa shape index (κ2) is 5.79. The number of hydrogen-bond acceptors (Lipinski definition) is 4. The molecule has 0 aromatic carbocycles. The Labute approximate surface area is 111 Å². The van der Waals surface area contributed by atoms with Crippen LogP contribution in [-0.4, -0.2) is 35.6 Å². The highest BCUT2D eigenvalue weighted by Crippen LogP contribution is 2.21. The summed E-state index contributed by atoms with van der Waals surface area (Å²) in [6.45, 7) is 0.688. The predicted octanol–water partition coefficient (Wildman–Crippen LogP) is -0.225. The van der Waals surface area contributed by atoms with Gasteiger partial charge in [0.15, 0.2) is 0 Å². The molecule has 0 bridgehead atoms. The van der Waals surface area contributed by atoms with Gasteiger partial charge in [-0.3, -0.25) is 14.6 Å². The molecule has 102 valence electrons. The number of nitrogens with zero attached hydrogens (tertiary/aromatic N) is 1. The molecule has 0 atom stereocenters. The van der Waals surface area contributed by atoms with E-state index in [1.165, 1.54) is 0 Å². The quantitative estimate of drug-likeness (QED) is 0.741. The number of carbonyl (C=O) groups excluding carboxylic acids is 2. The minimum absolute atomic E-state index is 0.0960. The molecule has 1 saturated heterocycles. The van der Waals surface area contributed by atoms with Crippen LogP contribution in [0.5, 0.6) is 0 Å². The van der Waals surface area contributed by atoms with Gasteiger partial charge in [0.2, 0.25) is 11.8 Å². The molecule has 6 heteroatoms. The Balaban J connectivity index is 1.82. The number of pyridine rings is 1. The van der Waals surface area contributed by atoms with Crippen molar-refractivity contribution < 1.29 is 14.3 Å². The fourth-order valence-corrected chi connectivity index (χ4v) is 2.07. The highest BCUT2D eigenvalue weighted by Gasteiger charge is 2.41. The first-order valence-electron chi connectivity index (χ1n) is 6.16. The molecule has 0 saturated carbocycles. The number of carbonyl (C=O) groups is 2. The zero-order chi connectivity index (χ0) is 13.7. The van der Waals surface area contributed by atoms with E-state index in [4.69, 9.17) is 10.5 Å². The summed E-state index contributed by atoms with van der Waals surface area (Å²) in [5.41, 5.74) is 5.63. The molecule has 3 N–H and O–H groups in total. The number of nitrogens with one attached hydrogen (secondary N) is 1. The zero-order valence-corrected chi connectivity index (χ0v) is 10.6. The minimum atomic E-state index is -0.596.